The summed E-state index contributed by atoms with van der Waals surface area (Å²) in [5.74, 6) is -0.101. The molecule has 0 radical (unpaired) electrons. The van der Waals surface area contributed by atoms with Crippen molar-refractivity contribution in [3.05, 3.63) is 65.6 Å². The van der Waals surface area contributed by atoms with Gasteiger partial charge < -0.3 is 19.0 Å². The summed E-state index contributed by atoms with van der Waals surface area (Å²) < 4.78 is 13.0. The van der Waals surface area contributed by atoms with Crippen molar-refractivity contribution in [2.75, 3.05) is 13.2 Å². The maximum atomic E-state index is 13.4. The van der Waals surface area contributed by atoms with Crippen molar-refractivity contribution < 1.29 is 19.1 Å². The fraction of sp³-hybridized carbons (Fsp3) is 0.393. The first kappa shape index (κ1) is 27.4. The first-order chi connectivity index (χ1) is 18.2. The number of ketones is 1. The summed E-state index contributed by atoms with van der Waals surface area (Å²) in [4.78, 5) is 41.8. The Kier molecular flexibility index (Phi) is 8.53. The van der Waals surface area contributed by atoms with Crippen molar-refractivity contribution >= 4 is 30.9 Å². The van der Waals surface area contributed by atoms with E-state index in [4.69, 9.17) is 14.5 Å². The van der Waals surface area contributed by atoms with E-state index in [0.29, 0.717) is 48.9 Å². The SMILES string of the molecule is CCOC(=O)c1cc2cc(-c3nc(C(=O)CCc4ccncc4)n(COCC[Si](C)(C)C)c3C)cnc2[nH]1. The van der Waals surface area contributed by atoms with E-state index in [2.05, 4.69) is 34.6 Å². The number of carbonyl (C=O) groups is 2. The largest absolute Gasteiger partial charge is 0.461 e. The van der Waals surface area contributed by atoms with Crippen LogP contribution in [0.15, 0.2) is 42.9 Å². The van der Waals surface area contributed by atoms with Gasteiger partial charge in [0.1, 0.15) is 18.1 Å². The van der Waals surface area contributed by atoms with Crippen LogP contribution in [0.25, 0.3) is 22.3 Å². The second-order valence-electron chi connectivity index (χ2n) is 10.5. The Balaban J connectivity index is 1.63. The maximum absolute atomic E-state index is 13.4. The number of hydrogen-bond donors (Lipinski definition) is 1. The van der Waals surface area contributed by atoms with Gasteiger partial charge in [0.25, 0.3) is 0 Å². The van der Waals surface area contributed by atoms with Crippen molar-refractivity contribution in [1.29, 1.82) is 0 Å². The number of Topliss-reactive ketones (excluding diaryl/α,β-unsaturated/α-hetero) is 1. The van der Waals surface area contributed by atoms with Gasteiger partial charge in [-0.25, -0.2) is 14.8 Å². The van der Waals surface area contributed by atoms with E-state index in [-0.39, 0.29) is 12.5 Å². The molecule has 0 aliphatic rings. The molecule has 200 valence electrons. The summed E-state index contributed by atoms with van der Waals surface area (Å²) in [6.45, 7) is 11.8. The zero-order chi connectivity index (χ0) is 27.3. The van der Waals surface area contributed by atoms with Crippen molar-refractivity contribution in [2.45, 2.75) is 59.1 Å². The Bertz CT molecular complexity index is 1420. The van der Waals surface area contributed by atoms with Crippen LogP contribution >= 0.6 is 0 Å². The van der Waals surface area contributed by atoms with E-state index in [1.807, 2.05) is 29.7 Å². The second-order valence-corrected chi connectivity index (χ2v) is 16.1. The highest BCUT2D eigenvalue weighted by Gasteiger charge is 2.22. The molecule has 0 amide bonds. The van der Waals surface area contributed by atoms with Crippen molar-refractivity contribution in [1.82, 2.24) is 24.5 Å². The van der Waals surface area contributed by atoms with Gasteiger partial charge in [-0.3, -0.25) is 9.78 Å². The number of fused-ring (bicyclic) bond motifs is 1. The molecule has 0 saturated heterocycles. The van der Waals surface area contributed by atoms with E-state index >= 15 is 0 Å². The molecule has 4 heterocycles. The van der Waals surface area contributed by atoms with Gasteiger partial charge in [-0.2, -0.15) is 0 Å². The lowest BCUT2D eigenvalue weighted by Crippen LogP contribution is -2.22. The molecule has 0 unspecified atom stereocenters. The number of aryl methyl sites for hydroxylation is 1. The van der Waals surface area contributed by atoms with Gasteiger partial charge >= 0.3 is 5.97 Å². The number of carbonyl (C=O) groups excluding carboxylic acids is 2. The van der Waals surface area contributed by atoms with Crippen molar-refractivity contribution in [3.63, 3.8) is 0 Å². The predicted octanol–water partition coefficient (Wildman–Crippen LogP) is 5.43. The summed E-state index contributed by atoms with van der Waals surface area (Å²) in [5.41, 5.74) is 4.23. The van der Waals surface area contributed by atoms with Crippen LogP contribution < -0.4 is 0 Å². The molecule has 0 bridgehead atoms. The van der Waals surface area contributed by atoms with Crippen LogP contribution in [-0.2, 0) is 22.6 Å². The van der Waals surface area contributed by atoms with Crippen LogP contribution in [0.1, 0.15) is 45.7 Å². The molecule has 0 aliphatic heterocycles. The molecule has 4 aromatic rings. The summed E-state index contributed by atoms with van der Waals surface area (Å²) in [6, 6.07) is 8.50. The Morgan fingerprint density at radius 1 is 1.13 bits per heavy atom. The topological polar surface area (TPSA) is 112 Å². The first-order valence-corrected chi connectivity index (χ1v) is 16.6. The molecule has 4 rings (SSSR count). The quantitative estimate of drug-likeness (QED) is 0.112. The van der Waals surface area contributed by atoms with Gasteiger partial charge in [0.15, 0.2) is 11.6 Å². The number of rotatable bonds is 12. The minimum atomic E-state index is -1.25. The molecule has 0 atom stereocenters. The molecular weight excluding hydrogens is 498 g/mol. The lowest BCUT2D eigenvalue weighted by molar-refractivity contribution is 0.0520. The average molecular weight is 534 g/mol. The molecule has 0 aromatic carbocycles. The van der Waals surface area contributed by atoms with Gasteiger partial charge in [0.2, 0.25) is 0 Å². The lowest BCUT2D eigenvalue weighted by atomic mass is 10.1. The number of aromatic nitrogens is 5. The number of nitrogens with one attached hydrogen (secondary N) is 1. The number of esters is 1. The third kappa shape index (κ3) is 6.62. The summed E-state index contributed by atoms with van der Waals surface area (Å²) in [6.07, 6.45) is 6.09. The Hall–Kier alpha value is -3.63. The average Bonchev–Trinajstić information content (AvgIpc) is 3.46. The number of hydrogen-bond acceptors (Lipinski definition) is 7. The van der Waals surface area contributed by atoms with Gasteiger partial charge in [0, 0.05) is 56.3 Å². The van der Waals surface area contributed by atoms with E-state index in [0.717, 1.165) is 28.3 Å². The molecular formula is C28H35N5O4Si. The lowest BCUT2D eigenvalue weighted by Gasteiger charge is -2.16. The third-order valence-electron chi connectivity index (χ3n) is 6.32. The first-order valence-electron chi connectivity index (χ1n) is 12.9. The van der Waals surface area contributed by atoms with Crippen molar-refractivity contribution in [2.24, 2.45) is 0 Å². The number of imidazole rings is 1. The number of aromatic amines is 1. The molecule has 9 nitrogen and oxygen atoms in total. The predicted molar refractivity (Wildman–Crippen MR) is 149 cm³/mol. The fourth-order valence-electron chi connectivity index (χ4n) is 4.10. The summed E-state index contributed by atoms with van der Waals surface area (Å²) >= 11 is 0. The van der Waals surface area contributed by atoms with E-state index in [1.54, 1.807) is 31.6 Å². The number of nitrogens with zero attached hydrogens (tertiary/aromatic N) is 4. The molecule has 0 fully saturated rings. The fourth-order valence-corrected chi connectivity index (χ4v) is 4.85. The van der Waals surface area contributed by atoms with Gasteiger partial charge in [-0.1, -0.05) is 19.6 Å². The Labute approximate surface area is 223 Å². The molecule has 0 saturated carbocycles. The highest BCUT2D eigenvalue weighted by atomic mass is 28.3. The molecule has 10 heteroatoms. The second kappa shape index (κ2) is 11.8. The van der Waals surface area contributed by atoms with E-state index in [9.17, 15) is 9.59 Å². The van der Waals surface area contributed by atoms with Crippen LogP contribution in [0.5, 0.6) is 0 Å². The van der Waals surface area contributed by atoms with Crippen molar-refractivity contribution in [3.8, 4) is 11.3 Å². The van der Waals surface area contributed by atoms with Crippen LogP contribution in [0.2, 0.25) is 25.7 Å². The molecule has 4 aromatic heterocycles. The van der Waals surface area contributed by atoms with Crippen LogP contribution in [0.3, 0.4) is 0 Å². The zero-order valence-electron chi connectivity index (χ0n) is 22.7. The third-order valence-corrected chi connectivity index (χ3v) is 8.02. The van der Waals surface area contributed by atoms with Crippen LogP contribution in [-0.4, -0.2) is 57.5 Å². The minimum absolute atomic E-state index is 0.0507. The monoisotopic (exact) mass is 533 g/mol. The number of ether oxygens (including phenoxy) is 2. The zero-order valence-corrected chi connectivity index (χ0v) is 23.7. The van der Waals surface area contributed by atoms with Crippen LogP contribution in [0, 0.1) is 6.92 Å². The number of pyridine rings is 2. The van der Waals surface area contributed by atoms with E-state index < -0.39 is 14.0 Å². The minimum Gasteiger partial charge on any atom is -0.461 e. The maximum Gasteiger partial charge on any atom is 0.354 e. The van der Waals surface area contributed by atoms with E-state index in [1.165, 1.54) is 0 Å². The summed E-state index contributed by atoms with van der Waals surface area (Å²) in [5, 5.41) is 0.761. The summed E-state index contributed by atoms with van der Waals surface area (Å²) in [7, 11) is -1.25. The van der Waals surface area contributed by atoms with Gasteiger partial charge in [0.05, 0.1) is 12.3 Å². The van der Waals surface area contributed by atoms with Gasteiger partial charge in [-0.05, 0) is 56.1 Å². The normalized spacial score (nSPS) is 11.7. The molecule has 0 aliphatic carbocycles. The molecule has 38 heavy (non-hydrogen) atoms. The number of H-pyrrole nitrogens is 1. The van der Waals surface area contributed by atoms with Gasteiger partial charge in [-0.15, -0.1) is 0 Å². The molecule has 0 spiro atoms. The standard InChI is InChI=1S/C28H35N5O4Si/c1-6-37-28(35)23-16-21-15-22(17-30-26(21)31-23)25-19(2)33(18-36-13-14-38(3,4)5)27(32-25)24(34)8-7-20-9-11-29-12-10-20/h9-12,15-17H,6-8,13-14,18H2,1-5H3,(H,30,31). The smallest absolute Gasteiger partial charge is 0.354 e. The molecule has 1 N–H and O–H groups in total. The van der Waals surface area contributed by atoms with Crippen LogP contribution in [0.4, 0.5) is 0 Å². The Morgan fingerprint density at radius 2 is 1.89 bits per heavy atom. The Morgan fingerprint density at radius 3 is 2.61 bits per heavy atom. The highest BCUT2D eigenvalue weighted by molar-refractivity contribution is 6.76. The highest BCUT2D eigenvalue weighted by Crippen LogP contribution is 2.27.